The van der Waals surface area contributed by atoms with Gasteiger partial charge in [-0.3, -0.25) is 4.68 Å². The molecule has 0 amide bonds. The molecule has 1 aliphatic carbocycles. The van der Waals surface area contributed by atoms with Crippen LogP contribution in [-0.4, -0.2) is 28.0 Å². The van der Waals surface area contributed by atoms with E-state index in [0.29, 0.717) is 24.0 Å². The van der Waals surface area contributed by atoms with Gasteiger partial charge in [0.25, 0.3) is 0 Å². The molecule has 1 aliphatic heterocycles. The minimum Gasteiger partial charge on any atom is -0.375 e. The molecule has 4 nitrogen and oxygen atoms in total. The lowest BCUT2D eigenvalue weighted by molar-refractivity contribution is 0.0490. The number of aromatic nitrogens is 2. The monoisotopic (exact) mass is 291 g/mol. The summed E-state index contributed by atoms with van der Waals surface area (Å²) in [4.78, 5) is 0. The van der Waals surface area contributed by atoms with Gasteiger partial charge in [-0.1, -0.05) is 19.8 Å². The molecule has 2 aliphatic rings. The smallest absolute Gasteiger partial charge is 0.0640 e. The second kappa shape index (κ2) is 6.09. The first-order valence-corrected chi connectivity index (χ1v) is 8.51. The largest absolute Gasteiger partial charge is 0.375 e. The van der Waals surface area contributed by atoms with Gasteiger partial charge in [0.05, 0.1) is 23.9 Å². The van der Waals surface area contributed by atoms with E-state index < -0.39 is 0 Å². The molecule has 118 valence electrons. The summed E-state index contributed by atoms with van der Waals surface area (Å²) in [6, 6.07) is 2.89. The van der Waals surface area contributed by atoms with Crippen LogP contribution in [0.25, 0.3) is 0 Å². The van der Waals surface area contributed by atoms with Crippen LogP contribution < -0.4 is 5.73 Å². The molecule has 1 aromatic heterocycles. The summed E-state index contributed by atoms with van der Waals surface area (Å²) in [6.45, 7) is 6.57. The normalized spacial score (nSPS) is 35.4. The third-order valence-electron chi connectivity index (χ3n) is 5.62. The fraction of sp³-hybridized carbons (Fsp3) is 0.824. The van der Waals surface area contributed by atoms with Gasteiger partial charge in [0.1, 0.15) is 0 Å². The van der Waals surface area contributed by atoms with Crippen molar-refractivity contribution in [2.45, 2.75) is 77.2 Å². The van der Waals surface area contributed by atoms with Crippen molar-refractivity contribution in [2.24, 2.45) is 17.6 Å². The van der Waals surface area contributed by atoms with E-state index in [-0.39, 0.29) is 12.1 Å². The number of rotatable bonds is 4. The van der Waals surface area contributed by atoms with Gasteiger partial charge in [0.2, 0.25) is 0 Å². The molecule has 0 radical (unpaired) electrons. The van der Waals surface area contributed by atoms with Gasteiger partial charge in [-0.2, -0.15) is 5.10 Å². The zero-order valence-electron chi connectivity index (χ0n) is 13.5. The summed E-state index contributed by atoms with van der Waals surface area (Å²) in [5, 5.41) is 4.77. The predicted octanol–water partition coefficient (Wildman–Crippen LogP) is 2.93. The average molecular weight is 291 g/mol. The molecule has 5 atom stereocenters. The van der Waals surface area contributed by atoms with E-state index in [2.05, 4.69) is 37.7 Å². The maximum absolute atomic E-state index is 6.49. The van der Waals surface area contributed by atoms with Crippen LogP contribution in [0.3, 0.4) is 0 Å². The van der Waals surface area contributed by atoms with Crippen molar-refractivity contribution in [2.75, 3.05) is 0 Å². The van der Waals surface area contributed by atoms with E-state index in [1.807, 2.05) is 0 Å². The highest BCUT2D eigenvalue weighted by Crippen LogP contribution is 2.35. The Bertz CT molecular complexity index is 466. The molecule has 0 spiro atoms. The molecule has 3 rings (SSSR count). The van der Waals surface area contributed by atoms with Gasteiger partial charge >= 0.3 is 0 Å². The molecular weight excluding hydrogens is 262 g/mol. The summed E-state index contributed by atoms with van der Waals surface area (Å²) >= 11 is 0. The van der Waals surface area contributed by atoms with Gasteiger partial charge in [-0.05, 0) is 38.7 Å². The second-order valence-electron chi connectivity index (χ2n) is 7.08. The molecule has 2 fully saturated rings. The van der Waals surface area contributed by atoms with Gasteiger partial charge in [-0.15, -0.1) is 0 Å². The van der Waals surface area contributed by atoms with Crippen molar-refractivity contribution in [3.05, 3.63) is 18.0 Å². The van der Waals surface area contributed by atoms with Crippen LogP contribution in [0.1, 0.15) is 58.2 Å². The van der Waals surface area contributed by atoms with Crippen molar-refractivity contribution in [1.82, 2.24) is 9.78 Å². The van der Waals surface area contributed by atoms with Crippen molar-refractivity contribution in [1.29, 1.82) is 0 Å². The van der Waals surface area contributed by atoms with Gasteiger partial charge < -0.3 is 10.5 Å². The maximum Gasteiger partial charge on any atom is 0.0640 e. The Morgan fingerprint density at radius 2 is 2.00 bits per heavy atom. The Balaban J connectivity index is 1.63. The topological polar surface area (TPSA) is 53.1 Å². The van der Waals surface area contributed by atoms with E-state index in [4.69, 9.17) is 15.6 Å². The predicted molar refractivity (Wildman–Crippen MR) is 84.1 cm³/mol. The van der Waals surface area contributed by atoms with Crippen LogP contribution in [0, 0.1) is 11.8 Å². The third-order valence-corrected chi connectivity index (χ3v) is 5.62. The number of hydrogen-bond acceptors (Lipinski definition) is 3. The molecule has 4 heteroatoms. The highest BCUT2D eigenvalue weighted by Gasteiger charge is 2.40. The molecule has 1 saturated heterocycles. The molecule has 0 bridgehead atoms. The highest BCUT2D eigenvalue weighted by molar-refractivity contribution is 5.05. The first-order valence-electron chi connectivity index (χ1n) is 8.51. The van der Waals surface area contributed by atoms with Crippen molar-refractivity contribution < 1.29 is 4.74 Å². The zero-order chi connectivity index (χ0) is 15.0. The van der Waals surface area contributed by atoms with Crippen LogP contribution in [0.4, 0.5) is 0 Å². The molecule has 21 heavy (non-hydrogen) atoms. The summed E-state index contributed by atoms with van der Waals surface area (Å²) in [6.07, 6.45) is 8.78. The third kappa shape index (κ3) is 3.02. The SMILES string of the molecule is CC1OC(C)C(C(N)Cc2ccn(C3CCCC3)n2)C1C. The second-order valence-corrected chi connectivity index (χ2v) is 7.08. The van der Waals surface area contributed by atoms with Crippen LogP contribution in [0.15, 0.2) is 12.3 Å². The van der Waals surface area contributed by atoms with Crippen LogP contribution in [0.5, 0.6) is 0 Å². The van der Waals surface area contributed by atoms with Crippen LogP contribution >= 0.6 is 0 Å². The molecule has 5 unspecified atom stereocenters. The summed E-state index contributed by atoms with van der Waals surface area (Å²) in [5.74, 6) is 0.948. The van der Waals surface area contributed by atoms with Crippen LogP contribution in [-0.2, 0) is 11.2 Å². The lowest BCUT2D eigenvalue weighted by Crippen LogP contribution is -2.39. The van der Waals surface area contributed by atoms with E-state index in [1.54, 1.807) is 0 Å². The Hall–Kier alpha value is -0.870. The van der Waals surface area contributed by atoms with Gasteiger partial charge in [0, 0.05) is 24.6 Å². The average Bonchev–Trinajstić information content (AvgIpc) is 3.11. The quantitative estimate of drug-likeness (QED) is 0.928. The van der Waals surface area contributed by atoms with E-state index in [9.17, 15) is 0 Å². The van der Waals surface area contributed by atoms with Crippen molar-refractivity contribution >= 4 is 0 Å². The summed E-state index contributed by atoms with van der Waals surface area (Å²) < 4.78 is 8.09. The van der Waals surface area contributed by atoms with Gasteiger partial charge in [-0.25, -0.2) is 0 Å². The van der Waals surface area contributed by atoms with Gasteiger partial charge in [0.15, 0.2) is 0 Å². The minimum atomic E-state index is 0.131. The van der Waals surface area contributed by atoms with Crippen molar-refractivity contribution in [3.8, 4) is 0 Å². The highest BCUT2D eigenvalue weighted by atomic mass is 16.5. The zero-order valence-corrected chi connectivity index (χ0v) is 13.5. The molecule has 2 N–H and O–H groups in total. The Kier molecular flexibility index (Phi) is 4.36. The first kappa shape index (κ1) is 15.0. The standard InChI is InChI=1S/C17H29N3O/c1-11-12(2)21-13(3)17(11)16(18)10-14-8-9-20(19-14)15-6-4-5-7-15/h8-9,11-13,15-17H,4-7,10,18H2,1-3H3. The lowest BCUT2D eigenvalue weighted by atomic mass is 9.82. The van der Waals surface area contributed by atoms with Crippen LogP contribution in [0.2, 0.25) is 0 Å². The fourth-order valence-corrected chi connectivity index (χ4v) is 4.27. The molecule has 0 aromatic carbocycles. The number of nitrogens with zero attached hydrogens (tertiary/aromatic N) is 2. The maximum atomic E-state index is 6.49. The molecular formula is C17H29N3O. The molecule has 1 aromatic rings. The number of hydrogen-bond donors (Lipinski definition) is 1. The van der Waals surface area contributed by atoms with E-state index in [1.165, 1.54) is 25.7 Å². The van der Waals surface area contributed by atoms with E-state index >= 15 is 0 Å². The fourth-order valence-electron chi connectivity index (χ4n) is 4.27. The molecule has 1 saturated carbocycles. The minimum absolute atomic E-state index is 0.131. The first-order chi connectivity index (χ1) is 10.1. The Morgan fingerprint density at radius 1 is 1.29 bits per heavy atom. The lowest BCUT2D eigenvalue weighted by Gasteiger charge is -2.25. The van der Waals surface area contributed by atoms with Crippen molar-refractivity contribution in [3.63, 3.8) is 0 Å². The van der Waals surface area contributed by atoms with E-state index in [0.717, 1.165) is 12.1 Å². The summed E-state index contributed by atoms with van der Waals surface area (Å²) in [7, 11) is 0. The summed E-state index contributed by atoms with van der Waals surface area (Å²) in [5.41, 5.74) is 7.62. The molecule has 2 heterocycles. The Morgan fingerprint density at radius 3 is 2.62 bits per heavy atom. The number of ether oxygens (including phenoxy) is 1. The number of nitrogens with two attached hydrogens (primary N) is 1. The Labute approximate surface area is 128 Å².